The van der Waals surface area contributed by atoms with Crippen LogP contribution in [0.3, 0.4) is 0 Å². The molecule has 0 atom stereocenters. The number of terminal acetylenes is 1. The minimum atomic E-state index is 0. The lowest BCUT2D eigenvalue weighted by molar-refractivity contribution is -0.0667. The van der Waals surface area contributed by atoms with Gasteiger partial charge in [0.1, 0.15) is 6.61 Å². The third-order valence-electron chi connectivity index (χ3n) is 5.34. The van der Waals surface area contributed by atoms with Gasteiger partial charge in [-0.25, -0.2) is 0 Å². The van der Waals surface area contributed by atoms with Crippen LogP contribution in [0.5, 0.6) is 11.5 Å². The molecule has 1 aromatic carbocycles. The molecular weight excluding hydrogens is 441 g/mol. The summed E-state index contributed by atoms with van der Waals surface area (Å²) in [5.41, 5.74) is 1.41. The van der Waals surface area contributed by atoms with E-state index in [0.29, 0.717) is 18.0 Å². The first kappa shape index (κ1) is 22.4. The molecular formula is C20H30IN3O2. The zero-order valence-electron chi connectivity index (χ0n) is 16.5. The zero-order valence-corrected chi connectivity index (χ0v) is 18.9. The molecule has 6 heteroatoms. The predicted octanol–water partition coefficient (Wildman–Crippen LogP) is 3.52. The van der Waals surface area contributed by atoms with E-state index in [1.54, 1.807) is 7.11 Å². The number of benzene rings is 1. The molecule has 1 aliphatic heterocycles. The zero-order chi connectivity index (χ0) is 18.7. The van der Waals surface area contributed by atoms with Crippen LogP contribution in [-0.4, -0.2) is 43.7 Å². The summed E-state index contributed by atoms with van der Waals surface area (Å²) in [6.45, 7) is 10.9. The SMILES string of the molecule is C#CCOc1cc(CNC(=NC)N2CC(C)(C)C2(C)C)ccc1OC.I. The number of nitrogens with one attached hydrogen (secondary N) is 1. The highest BCUT2D eigenvalue weighted by atomic mass is 127. The van der Waals surface area contributed by atoms with Crippen molar-refractivity contribution < 1.29 is 9.47 Å². The molecule has 1 aliphatic rings. The summed E-state index contributed by atoms with van der Waals surface area (Å²) < 4.78 is 10.9. The Morgan fingerprint density at radius 3 is 2.50 bits per heavy atom. The van der Waals surface area contributed by atoms with Crippen molar-refractivity contribution in [3.05, 3.63) is 23.8 Å². The van der Waals surface area contributed by atoms with Gasteiger partial charge in [-0.2, -0.15) is 0 Å². The molecule has 0 saturated carbocycles. The Kier molecular flexibility index (Phi) is 7.63. The van der Waals surface area contributed by atoms with Gasteiger partial charge in [-0.15, -0.1) is 30.4 Å². The van der Waals surface area contributed by atoms with Gasteiger partial charge in [-0.05, 0) is 31.5 Å². The number of halogens is 1. The van der Waals surface area contributed by atoms with Crippen molar-refractivity contribution in [1.29, 1.82) is 0 Å². The van der Waals surface area contributed by atoms with Crippen molar-refractivity contribution in [2.24, 2.45) is 10.4 Å². The first-order valence-corrected chi connectivity index (χ1v) is 8.48. The fourth-order valence-corrected chi connectivity index (χ4v) is 2.94. The van der Waals surface area contributed by atoms with Crippen LogP contribution in [0.15, 0.2) is 23.2 Å². The van der Waals surface area contributed by atoms with Crippen LogP contribution in [0, 0.1) is 17.8 Å². The minimum absolute atomic E-state index is 0. The molecule has 5 nitrogen and oxygen atoms in total. The van der Waals surface area contributed by atoms with Crippen LogP contribution in [0.25, 0.3) is 0 Å². The van der Waals surface area contributed by atoms with E-state index < -0.39 is 0 Å². The Labute approximate surface area is 174 Å². The Hall–Kier alpha value is -1.62. The van der Waals surface area contributed by atoms with Crippen LogP contribution < -0.4 is 14.8 Å². The maximum absolute atomic E-state index is 5.56. The van der Waals surface area contributed by atoms with Gasteiger partial charge in [0.15, 0.2) is 17.5 Å². The number of likely N-dealkylation sites (tertiary alicyclic amines) is 1. The number of aliphatic imine (C=N–C) groups is 1. The summed E-state index contributed by atoms with van der Waals surface area (Å²) in [6, 6.07) is 5.84. The lowest BCUT2D eigenvalue weighted by Crippen LogP contribution is -2.72. The van der Waals surface area contributed by atoms with Crippen molar-refractivity contribution in [1.82, 2.24) is 10.2 Å². The molecule has 1 heterocycles. The quantitative estimate of drug-likeness (QED) is 0.309. The van der Waals surface area contributed by atoms with Gasteiger partial charge >= 0.3 is 0 Å². The highest BCUT2D eigenvalue weighted by molar-refractivity contribution is 14.0. The number of nitrogens with zero attached hydrogens (tertiary/aromatic N) is 2. The second-order valence-corrected chi connectivity index (χ2v) is 7.41. The van der Waals surface area contributed by atoms with Gasteiger partial charge < -0.3 is 19.7 Å². The molecule has 0 spiro atoms. The van der Waals surface area contributed by atoms with E-state index >= 15 is 0 Å². The Bertz CT molecular complexity index is 693. The molecule has 1 fully saturated rings. The second kappa shape index (κ2) is 8.85. The monoisotopic (exact) mass is 471 g/mol. The predicted molar refractivity (Wildman–Crippen MR) is 118 cm³/mol. The van der Waals surface area contributed by atoms with Crippen LogP contribution in [0.4, 0.5) is 0 Å². The number of hydrogen-bond donors (Lipinski definition) is 1. The maximum Gasteiger partial charge on any atom is 0.194 e. The minimum Gasteiger partial charge on any atom is -0.493 e. The highest BCUT2D eigenvalue weighted by Crippen LogP contribution is 2.46. The molecule has 0 radical (unpaired) electrons. The first-order chi connectivity index (χ1) is 11.8. The van der Waals surface area contributed by atoms with Gasteiger partial charge in [0, 0.05) is 31.1 Å². The Morgan fingerprint density at radius 2 is 2.00 bits per heavy atom. The van der Waals surface area contributed by atoms with Gasteiger partial charge in [0.05, 0.1) is 7.11 Å². The Balaban J connectivity index is 0.00000338. The Morgan fingerprint density at radius 1 is 1.31 bits per heavy atom. The lowest BCUT2D eigenvalue weighted by Gasteiger charge is -2.62. The highest BCUT2D eigenvalue weighted by Gasteiger charge is 2.53. The van der Waals surface area contributed by atoms with E-state index in [0.717, 1.165) is 18.1 Å². The maximum atomic E-state index is 5.56. The van der Waals surface area contributed by atoms with E-state index in [2.05, 4.69) is 48.8 Å². The molecule has 1 saturated heterocycles. The molecule has 0 bridgehead atoms. The molecule has 26 heavy (non-hydrogen) atoms. The third kappa shape index (κ3) is 4.37. The van der Waals surface area contributed by atoms with Crippen LogP contribution in [0.2, 0.25) is 0 Å². The smallest absolute Gasteiger partial charge is 0.194 e. The van der Waals surface area contributed by atoms with Crippen molar-refractivity contribution in [2.45, 2.75) is 39.8 Å². The molecule has 1 aromatic rings. The normalized spacial score (nSPS) is 17.4. The van der Waals surface area contributed by atoms with Crippen LogP contribution in [-0.2, 0) is 6.54 Å². The second-order valence-electron chi connectivity index (χ2n) is 7.41. The standard InChI is InChI=1S/C20H29N3O2.HI/c1-8-11-25-17-12-15(9-10-16(17)24-7)13-22-18(21-6)23-14-19(2,3)20(23,4)5;/h1,9-10,12H,11,13-14H2,2-7H3,(H,21,22);1H. The number of ether oxygens (including phenoxy) is 2. The fraction of sp³-hybridized carbons (Fsp3) is 0.550. The summed E-state index contributed by atoms with van der Waals surface area (Å²) >= 11 is 0. The topological polar surface area (TPSA) is 46.1 Å². The molecule has 0 amide bonds. The molecule has 144 valence electrons. The number of methoxy groups -OCH3 is 1. The van der Waals surface area contributed by atoms with Gasteiger partial charge in [0.25, 0.3) is 0 Å². The summed E-state index contributed by atoms with van der Waals surface area (Å²) in [5.74, 6) is 4.71. The third-order valence-corrected chi connectivity index (χ3v) is 5.34. The van der Waals surface area contributed by atoms with E-state index in [9.17, 15) is 0 Å². The molecule has 0 aliphatic carbocycles. The summed E-state index contributed by atoms with van der Waals surface area (Å²) in [4.78, 5) is 6.75. The molecule has 2 rings (SSSR count). The molecule has 1 N–H and O–H groups in total. The average molecular weight is 471 g/mol. The van der Waals surface area contributed by atoms with E-state index in [1.165, 1.54) is 0 Å². The van der Waals surface area contributed by atoms with Crippen molar-refractivity contribution in [3.63, 3.8) is 0 Å². The van der Waals surface area contributed by atoms with Gasteiger partial charge in [-0.3, -0.25) is 4.99 Å². The van der Waals surface area contributed by atoms with Crippen molar-refractivity contribution in [2.75, 3.05) is 27.3 Å². The number of hydrogen-bond acceptors (Lipinski definition) is 3. The van der Waals surface area contributed by atoms with Gasteiger partial charge in [0.2, 0.25) is 0 Å². The van der Waals surface area contributed by atoms with E-state index in [-0.39, 0.29) is 41.5 Å². The van der Waals surface area contributed by atoms with Gasteiger partial charge in [-0.1, -0.05) is 25.8 Å². The summed E-state index contributed by atoms with van der Waals surface area (Å²) in [6.07, 6.45) is 5.28. The van der Waals surface area contributed by atoms with Crippen LogP contribution in [0.1, 0.15) is 33.3 Å². The first-order valence-electron chi connectivity index (χ1n) is 8.48. The average Bonchev–Trinajstić information content (AvgIpc) is 2.59. The molecule has 0 unspecified atom stereocenters. The largest absolute Gasteiger partial charge is 0.493 e. The van der Waals surface area contributed by atoms with Crippen LogP contribution >= 0.6 is 24.0 Å². The van der Waals surface area contributed by atoms with Crippen molar-refractivity contribution >= 4 is 29.9 Å². The van der Waals surface area contributed by atoms with Crippen molar-refractivity contribution in [3.8, 4) is 23.8 Å². The van der Waals surface area contributed by atoms with E-state index in [1.807, 2.05) is 25.2 Å². The summed E-state index contributed by atoms with van der Waals surface area (Å²) in [7, 11) is 3.44. The molecule has 0 aromatic heterocycles. The lowest BCUT2D eigenvalue weighted by atomic mass is 9.65. The van der Waals surface area contributed by atoms with E-state index in [4.69, 9.17) is 15.9 Å². The number of rotatable bonds is 5. The fourth-order valence-electron chi connectivity index (χ4n) is 2.94. The number of guanidine groups is 1. The summed E-state index contributed by atoms with van der Waals surface area (Å²) in [5, 5.41) is 3.44.